The Morgan fingerprint density at radius 3 is 2.21 bits per heavy atom. The fraction of sp³-hybridized carbons (Fsp3) is 0.500. The van der Waals surface area contributed by atoms with Crippen molar-refractivity contribution in [2.45, 2.75) is 37.9 Å². The first kappa shape index (κ1) is 12.7. The summed E-state index contributed by atoms with van der Waals surface area (Å²) in [4.78, 5) is 12.2. The second kappa shape index (κ2) is 4.63. The highest BCUT2D eigenvalue weighted by Crippen LogP contribution is 2.37. The third kappa shape index (κ3) is 2.27. The molecular weight excluding hydrogens is 257 g/mol. The number of Topliss-reactive ketones (excluding diaryl/α,β-unsaturated/α-hetero) is 1. The first-order valence-electron chi connectivity index (χ1n) is 6.39. The Kier molecular flexibility index (Phi) is 3.09. The van der Waals surface area contributed by atoms with Crippen LogP contribution in [0.5, 0.6) is 0 Å². The number of carbonyl (C=O) groups is 1. The minimum Gasteiger partial charge on any atom is -0.375 e. The summed E-state index contributed by atoms with van der Waals surface area (Å²) in [7, 11) is 0. The molecule has 1 aromatic carbocycles. The van der Waals surface area contributed by atoms with Gasteiger partial charge in [0.2, 0.25) is 0 Å². The second-order valence-electron chi connectivity index (χ2n) is 5.24. The van der Waals surface area contributed by atoms with Crippen molar-refractivity contribution in [3.8, 4) is 0 Å². The van der Waals surface area contributed by atoms with Crippen molar-refractivity contribution in [3.63, 3.8) is 0 Å². The topological polar surface area (TPSA) is 26.3 Å². The summed E-state index contributed by atoms with van der Waals surface area (Å²) in [6, 6.07) is 1.08. The lowest BCUT2D eigenvalue weighted by Crippen LogP contribution is -2.30. The summed E-state index contributed by atoms with van der Waals surface area (Å²) in [5, 5.41) is 0. The molecule has 2 bridgehead atoms. The number of ketones is 1. The number of ether oxygens (including phenoxy) is 1. The Balaban J connectivity index is 1.86. The molecule has 3 rings (SSSR count). The van der Waals surface area contributed by atoms with Crippen molar-refractivity contribution in [1.82, 2.24) is 0 Å². The Morgan fingerprint density at radius 1 is 1.00 bits per heavy atom. The van der Waals surface area contributed by atoms with Crippen LogP contribution in [0.15, 0.2) is 12.1 Å². The summed E-state index contributed by atoms with van der Waals surface area (Å²) in [6.07, 6.45) is 2.98. The zero-order valence-electron chi connectivity index (χ0n) is 10.2. The Hall–Kier alpha value is -1.36. The van der Waals surface area contributed by atoms with Gasteiger partial charge in [0.1, 0.15) is 5.82 Å². The number of halogens is 3. The molecule has 19 heavy (non-hydrogen) atoms. The molecule has 0 aliphatic carbocycles. The van der Waals surface area contributed by atoms with Crippen LogP contribution < -0.4 is 0 Å². The summed E-state index contributed by atoms with van der Waals surface area (Å²) in [5.41, 5.74) is -0.356. The lowest BCUT2D eigenvalue weighted by atomic mass is 9.88. The maximum Gasteiger partial charge on any atom is 0.169 e. The number of hydrogen-bond donors (Lipinski definition) is 0. The van der Waals surface area contributed by atoms with Crippen molar-refractivity contribution in [3.05, 3.63) is 35.1 Å². The molecule has 2 saturated heterocycles. The van der Waals surface area contributed by atoms with Gasteiger partial charge in [0.25, 0.3) is 0 Å². The minimum atomic E-state index is -1.28. The van der Waals surface area contributed by atoms with Crippen molar-refractivity contribution >= 4 is 5.78 Å². The van der Waals surface area contributed by atoms with E-state index in [4.69, 9.17) is 4.74 Å². The van der Waals surface area contributed by atoms with Crippen LogP contribution in [0.25, 0.3) is 0 Å². The lowest BCUT2D eigenvalue weighted by Gasteiger charge is -2.27. The molecule has 102 valence electrons. The number of rotatable bonds is 2. The van der Waals surface area contributed by atoms with E-state index < -0.39 is 23.2 Å². The largest absolute Gasteiger partial charge is 0.375 e. The highest BCUT2D eigenvalue weighted by atomic mass is 19.2. The molecule has 2 nitrogen and oxygen atoms in total. The summed E-state index contributed by atoms with van der Waals surface area (Å²) < 4.78 is 45.2. The molecule has 2 heterocycles. The fourth-order valence-corrected chi connectivity index (χ4v) is 3.00. The number of hydrogen-bond acceptors (Lipinski definition) is 2. The highest BCUT2D eigenvalue weighted by Gasteiger charge is 2.38. The zero-order valence-corrected chi connectivity index (χ0v) is 10.2. The summed E-state index contributed by atoms with van der Waals surface area (Å²) in [6.45, 7) is 0. The third-order valence-electron chi connectivity index (χ3n) is 3.94. The van der Waals surface area contributed by atoms with Gasteiger partial charge in [0.05, 0.1) is 17.8 Å². The first-order valence-corrected chi connectivity index (χ1v) is 6.39. The maximum atomic E-state index is 13.6. The van der Waals surface area contributed by atoms with Gasteiger partial charge >= 0.3 is 0 Å². The Morgan fingerprint density at radius 2 is 1.58 bits per heavy atom. The van der Waals surface area contributed by atoms with E-state index in [1.54, 1.807) is 0 Å². The van der Waals surface area contributed by atoms with Crippen LogP contribution in [0.1, 0.15) is 36.0 Å². The van der Waals surface area contributed by atoms with Crippen molar-refractivity contribution in [2.24, 2.45) is 5.92 Å². The SMILES string of the molecule is O=C(c1cc(F)c(F)cc1F)C1CC2CCC(C1)O2. The average Bonchev–Trinajstić information content (AvgIpc) is 2.72. The van der Waals surface area contributed by atoms with E-state index in [-0.39, 0.29) is 23.7 Å². The normalized spacial score (nSPS) is 29.5. The molecule has 2 aliphatic heterocycles. The van der Waals surface area contributed by atoms with E-state index in [1.165, 1.54) is 0 Å². The van der Waals surface area contributed by atoms with Gasteiger partial charge in [0, 0.05) is 12.0 Å². The molecule has 2 unspecified atom stereocenters. The minimum absolute atomic E-state index is 0.0426. The van der Waals surface area contributed by atoms with Gasteiger partial charge in [-0.15, -0.1) is 0 Å². The van der Waals surface area contributed by atoms with Gasteiger partial charge in [-0.05, 0) is 31.7 Å². The van der Waals surface area contributed by atoms with E-state index in [0.717, 1.165) is 12.8 Å². The van der Waals surface area contributed by atoms with E-state index in [1.807, 2.05) is 0 Å². The van der Waals surface area contributed by atoms with Gasteiger partial charge in [-0.1, -0.05) is 0 Å². The van der Waals surface area contributed by atoms with E-state index >= 15 is 0 Å². The van der Waals surface area contributed by atoms with Crippen molar-refractivity contribution < 1.29 is 22.7 Å². The molecule has 0 aromatic heterocycles. The van der Waals surface area contributed by atoms with Gasteiger partial charge in [-0.3, -0.25) is 4.79 Å². The monoisotopic (exact) mass is 270 g/mol. The quantitative estimate of drug-likeness (QED) is 0.609. The Bertz CT molecular complexity index is 518. The van der Waals surface area contributed by atoms with Crippen LogP contribution in [-0.2, 0) is 4.74 Å². The van der Waals surface area contributed by atoms with E-state index in [2.05, 4.69) is 0 Å². The molecule has 2 aliphatic rings. The number of benzene rings is 1. The molecule has 2 fully saturated rings. The maximum absolute atomic E-state index is 13.6. The second-order valence-corrected chi connectivity index (χ2v) is 5.24. The van der Waals surface area contributed by atoms with E-state index in [0.29, 0.717) is 25.0 Å². The van der Waals surface area contributed by atoms with Gasteiger partial charge in [-0.25, -0.2) is 13.2 Å². The van der Waals surface area contributed by atoms with Crippen molar-refractivity contribution in [1.29, 1.82) is 0 Å². The number of fused-ring (bicyclic) bond motifs is 2. The van der Waals surface area contributed by atoms with Crippen LogP contribution in [0.3, 0.4) is 0 Å². The van der Waals surface area contributed by atoms with Crippen LogP contribution in [0.2, 0.25) is 0 Å². The molecule has 0 radical (unpaired) electrons. The highest BCUT2D eigenvalue weighted by molar-refractivity contribution is 5.98. The first-order chi connectivity index (χ1) is 9.04. The van der Waals surface area contributed by atoms with Gasteiger partial charge < -0.3 is 4.74 Å². The predicted octanol–water partition coefficient (Wildman–Crippen LogP) is 3.24. The van der Waals surface area contributed by atoms with Gasteiger partial charge in [0.15, 0.2) is 17.4 Å². The molecular formula is C14H13F3O2. The molecule has 0 saturated carbocycles. The van der Waals surface area contributed by atoms with Crippen molar-refractivity contribution in [2.75, 3.05) is 0 Å². The smallest absolute Gasteiger partial charge is 0.169 e. The fourth-order valence-electron chi connectivity index (χ4n) is 3.00. The lowest BCUT2D eigenvalue weighted by molar-refractivity contribution is -0.0150. The standard InChI is InChI=1S/C14H13F3O2/c15-11-6-13(17)12(16)5-10(11)14(18)7-3-8-1-2-9(4-7)19-8/h5-9H,1-4H2. The van der Waals surface area contributed by atoms with E-state index in [9.17, 15) is 18.0 Å². The Labute approximate surface area is 108 Å². The molecule has 2 atom stereocenters. The van der Waals surface area contributed by atoms with Gasteiger partial charge in [-0.2, -0.15) is 0 Å². The predicted molar refractivity (Wildman–Crippen MR) is 61.3 cm³/mol. The van der Waals surface area contributed by atoms with Crippen LogP contribution in [-0.4, -0.2) is 18.0 Å². The van der Waals surface area contributed by atoms with Crippen LogP contribution >= 0.6 is 0 Å². The third-order valence-corrected chi connectivity index (χ3v) is 3.94. The molecule has 0 amide bonds. The average molecular weight is 270 g/mol. The molecule has 1 aromatic rings. The number of carbonyl (C=O) groups excluding carboxylic acids is 1. The zero-order chi connectivity index (χ0) is 13.6. The van der Waals surface area contributed by atoms with Crippen LogP contribution in [0.4, 0.5) is 13.2 Å². The molecule has 0 spiro atoms. The summed E-state index contributed by atoms with van der Waals surface area (Å²) >= 11 is 0. The molecule has 0 N–H and O–H groups in total. The van der Waals surface area contributed by atoms with Crippen LogP contribution in [0, 0.1) is 23.4 Å². The summed E-state index contributed by atoms with van der Waals surface area (Å²) in [5.74, 6) is -4.27. The molecule has 5 heteroatoms.